The lowest BCUT2D eigenvalue weighted by Gasteiger charge is -2.24. The van der Waals surface area contributed by atoms with Crippen LogP contribution in [0.4, 0.5) is 14.5 Å². The van der Waals surface area contributed by atoms with Crippen molar-refractivity contribution in [2.75, 3.05) is 18.4 Å². The fraction of sp³-hybridized carbons (Fsp3) is 0.286. The number of nitrogens with one attached hydrogen (secondary N) is 2. The maximum atomic E-state index is 14.4. The number of hydrogen-bond acceptors (Lipinski definition) is 5. The Bertz CT molecular complexity index is 1470. The molecule has 2 atom stereocenters. The monoisotopic (exact) mass is 555 g/mol. The van der Waals surface area contributed by atoms with E-state index in [1.165, 1.54) is 29.8 Å². The van der Waals surface area contributed by atoms with Gasteiger partial charge in [-0.15, -0.1) is 6.58 Å². The number of ketones is 1. The molecule has 1 aliphatic heterocycles. The van der Waals surface area contributed by atoms with Crippen LogP contribution in [0.5, 0.6) is 0 Å². The third-order valence-corrected chi connectivity index (χ3v) is 6.78. The molecule has 204 valence electrons. The van der Waals surface area contributed by atoms with Gasteiger partial charge in [0.1, 0.15) is 30.3 Å². The van der Waals surface area contributed by atoms with E-state index in [9.17, 15) is 23.2 Å². The first-order chi connectivity index (χ1) is 18.6. The van der Waals surface area contributed by atoms with Gasteiger partial charge in [0.15, 0.2) is 5.78 Å². The van der Waals surface area contributed by atoms with E-state index in [1.54, 1.807) is 24.3 Å². The fourth-order valence-electron chi connectivity index (χ4n) is 4.60. The molecule has 0 saturated carbocycles. The molecule has 1 aliphatic rings. The number of alkyl halides is 1. The van der Waals surface area contributed by atoms with Crippen molar-refractivity contribution in [2.45, 2.75) is 38.6 Å². The lowest BCUT2D eigenvalue weighted by atomic mass is 10.1. The summed E-state index contributed by atoms with van der Waals surface area (Å²) in [6.07, 6.45) is 1.60. The Morgan fingerprint density at radius 2 is 2.00 bits per heavy atom. The van der Waals surface area contributed by atoms with E-state index in [0.717, 1.165) is 10.6 Å². The average molecular weight is 556 g/mol. The van der Waals surface area contributed by atoms with Crippen molar-refractivity contribution >= 4 is 51.9 Å². The predicted octanol–water partition coefficient (Wildman–Crippen LogP) is 4.53. The van der Waals surface area contributed by atoms with Crippen LogP contribution in [0.3, 0.4) is 0 Å². The Balaban J connectivity index is 1.52. The van der Waals surface area contributed by atoms with E-state index in [0.29, 0.717) is 23.0 Å². The van der Waals surface area contributed by atoms with Gasteiger partial charge >= 0.3 is 0 Å². The number of nitrogens with zero attached hydrogens (tertiary/aromatic N) is 3. The van der Waals surface area contributed by atoms with Gasteiger partial charge in [0, 0.05) is 43.1 Å². The lowest BCUT2D eigenvalue weighted by molar-refractivity contribution is -0.139. The minimum absolute atomic E-state index is 0.113. The molecule has 3 aromatic rings. The predicted molar refractivity (Wildman–Crippen MR) is 147 cm³/mol. The second-order valence-corrected chi connectivity index (χ2v) is 9.66. The molecule has 2 N–H and O–H groups in total. The molecule has 1 aromatic heterocycles. The standard InChI is InChI=1S/C28H28ClF2N5O3/c1-4-8-32-20-6-7-23-21(12-20)27(16(3)37)34-36(23)15-25(38)35-14-19(30)11-24(35)28(39)33-13-18-9-17(5-2)10-22(29)26(18)31/h4-7,9-10,12,19,24,32H,1-2,8,11,13-15H2,3H3,(H,33,39)/t19-,24+/m1/s1. The maximum absolute atomic E-state index is 14.4. The smallest absolute Gasteiger partial charge is 0.245 e. The second kappa shape index (κ2) is 11.8. The molecular formula is C28H28ClF2N5O3. The summed E-state index contributed by atoms with van der Waals surface area (Å²) in [6, 6.07) is 7.11. The Hall–Kier alpha value is -4.05. The molecule has 0 unspecified atom stereocenters. The minimum Gasteiger partial charge on any atom is -0.382 e. The van der Waals surface area contributed by atoms with Gasteiger partial charge in [-0.05, 0) is 35.9 Å². The van der Waals surface area contributed by atoms with Crippen molar-refractivity contribution in [3.63, 3.8) is 0 Å². The molecule has 11 heteroatoms. The van der Waals surface area contributed by atoms with Crippen LogP contribution in [-0.2, 0) is 22.7 Å². The van der Waals surface area contributed by atoms with E-state index >= 15 is 0 Å². The molecule has 0 spiro atoms. The van der Waals surface area contributed by atoms with Crippen LogP contribution in [0.2, 0.25) is 5.02 Å². The van der Waals surface area contributed by atoms with Crippen molar-refractivity contribution < 1.29 is 23.2 Å². The Morgan fingerprint density at radius 3 is 2.69 bits per heavy atom. The number of likely N-dealkylation sites (tertiary alicyclic amines) is 1. The average Bonchev–Trinajstić information content (AvgIpc) is 3.48. The molecule has 2 heterocycles. The number of halogens is 3. The number of anilines is 1. The van der Waals surface area contributed by atoms with Gasteiger partial charge in [0.25, 0.3) is 0 Å². The molecule has 2 aromatic carbocycles. The van der Waals surface area contributed by atoms with Crippen LogP contribution in [0, 0.1) is 5.82 Å². The SMILES string of the molecule is C=CCNc1ccc2c(c1)c(C(C)=O)nn2CC(=O)N1C[C@H](F)C[C@H]1C(=O)NCc1cc(C=C)cc(Cl)c1F. The molecule has 1 fully saturated rings. The first-order valence-corrected chi connectivity index (χ1v) is 12.7. The normalized spacial score (nSPS) is 16.8. The highest BCUT2D eigenvalue weighted by Gasteiger charge is 2.40. The molecule has 1 saturated heterocycles. The quantitative estimate of drug-likeness (QED) is 0.283. The molecule has 0 radical (unpaired) electrons. The van der Waals surface area contributed by atoms with E-state index < -0.39 is 29.8 Å². The molecule has 8 nitrogen and oxygen atoms in total. The third kappa shape index (κ3) is 6.01. The molecule has 4 rings (SSSR count). The Morgan fingerprint density at radius 1 is 1.23 bits per heavy atom. The topological polar surface area (TPSA) is 96.3 Å². The van der Waals surface area contributed by atoms with Crippen LogP contribution >= 0.6 is 11.6 Å². The highest BCUT2D eigenvalue weighted by molar-refractivity contribution is 6.31. The van der Waals surface area contributed by atoms with Gasteiger partial charge in [0.2, 0.25) is 11.8 Å². The molecule has 2 amide bonds. The van der Waals surface area contributed by atoms with Crippen LogP contribution in [-0.4, -0.2) is 57.6 Å². The summed E-state index contributed by atoms with van der Waals surface area (Å²) in [5.41, 5.74) is 2.21. The van der Waals surface area contributed by atoms with Crippen LogP contribution in [0.15, 0.2) is 49.6 Å². The number of carbonyl (C=O) groups is 3. The first kappa shape index (κ1) is 28.0. The number of hydrogen-bond donors (Lipinski definition) is 2. The van der Waals surface area contributed by atoms with E-state index in [1.807, 2.05) is 0 Å². The Labute approximate surface area is 229 Å². The number of amides is 2. The number of carbonyl (C=O) groups excluding carboxylic acids is 3. The molecular weight excluding hydrogens is 528 g/mol. The largest absolute Gasteiger partial charge is 0.382 e. The highest BCUT2D eigenvalue weighted by Crippen LogP contribution is 2.26. The number of fused-ring (bicyclic) bond motifs is 1. The van der Waals surface area contributed by atoms with Gasteiger partial charge in [0.05, 0.1) is 17.1 Å². The minimum atomic E-state index is -1.40. The third-order valence-electron chi connectivity index (χ3n) is 6.51. The number of aromatic nitrogens is 2. The van der Waals surface area contributed by atoms with Gasteiger partial charge in [-0.25, -0.2) is 8.78 Å². The number of rotatable bonds is 10. The Kier molecular flexibility index (Phi) is 8.44. The second-order valence-electron chi connectivity index (χ2n) is 9.26. The van der Waals surface area contributed by atoms with Gasteiger partial charge < -0.3 is 15.5 Å². The summed E-state index contributed by atoms with van der Waals surface area (Å²) < 4.78 is 30.3. The number of benzene rings is 2. The highest BCUT2D eigenvalue weighted by atomic mass is 35.5. The summed E-state index contributed by atoms with van der Waals surface area (Å²) in [4.78, 5) is 39.7. The van der Waals surface area contributed by atoms with E-state index in [-0.39, 0.29) is 48.1 Å². The fourth-order valence-corrected chi connectivity index (χ4v) is 4.85. The number of Topliss-reactive ketones (excluding diaryl/α,β-unsaturated/α-hetero) is 1. The summed E-state index contributed by atoms with van der Waals surface area (Å²) in [5, 5.41) is 10.5. The van der Waals surface area contributed by atoms with Crippen molar-refractivity contribution in [3.8, 4) is 0 Å². The zero-order valence-corrected chi connectivity index (χ0v) is 22.1. The zero-order valence-electron chi connectivity index (χ0n) is 21.3. The van der Waals surface area contributed by atoms with Gasteiger partial charge in [-0.1, -0.05) is 30.3 Å². The van der Waals surface area contributed by atoms with Crippen LogP contribution in [0.1, 0.15) is 35.0 Å². The van der Waals surface area contributed by atoms with Crippen LogP contribution < -0.4 is 10.6 Å². The van der Waals surface area contributed by atoms with E-state index in [2.05, 4.69) is 28.9 Å². The summed E-state index contributed by atoms with van der Waals surface area (Å²) in [7, 11) is 0. The molecule has 0 aliphatic carbocycles. The summed E-state index contributed by atoms with van der Waals surface area (Å²) in [5.74, 6) is -2.11. The lowest BCUT2D eigenvalue weighted by Crippen LogP contribution is -2.46. The van der Waals surface area contributed by atoms with Crippen LogP contribution in [0.25, 0.3) is 17.0 Å². The van der Waals surface area contributed by atoms with Gasteiger partial charge in [-0.2, -0.15) is 5.10 Å². The molecule has 0 bridgehead atoms. The zero-order chi connectivity index (χ0) is 28.3. The summed E-state index contributed by atoms with van der Waals surface area (Å²) in [6.45, 7) is 8.44. The van der Waals surface area contributed by atoms with Crippen molar-refractivity contribution in [1.82, 2.24) is 20.0 Å². The summed E-state index contributed by atoms with van der Waals surface area (Å²) >= 11 is 5.92. The first-order valence-electron chi connectivity index (χ1n) is 12.3. The molecule has 39 heavy (non-hydrogen) atoms. The van der Waals surface area contributed by atoms with Gasteiger partial charge in [-0.3, -0.25) is 19.1 Å². The maximum Gasteiger partial charge on any atom is 0.245 e. The van der Waals surface area contributed by atoms with Crippen molar-refractivity contribution in [1.29, 1.82) is 0 Å². The van der Waals surface area contributed by atoms with Crippen molar-refractivity contribution in [3.05, 3.63) is 77.2 Å². The van der Waals surface area contributed by atoms with Crippen molar-refractivity contribution in [2.24, 2.45) is 0 Å². The van der Waals surface area contributed by atoms with E-state index in [4.69, 9.17) is 11.6 Å².